The number of hydrogen-bond donors (Lipinski definition) is 1. The fourth-order valence-corrected chi connectivity index (χ4v) is 2.41. The SMILES string of the molecule is O=C(NCc1cccc(CBr)c1)c1c(F)cccc1Cl. The minimum absolute atomic E-state index is 0.108. The highest BCUT2D eigenvalue weighted by Gasteiger charge is 2.15. The molecule has 0 spiro atoms. The van der Waals surface area contributed by atoms with Gasteiger partial charge >= 0.3 is 0 Å². The Morgan fingerprint density at radius 2 is 1.90 bits per heavy atom. The molecule has 2 aromatic carbocycles. The molecule has 0 saturated carbocycles. The molecule has 0 unspecified atom stereocenters. The molecule has 104 valence electrons. The van der Waals surface area contributed by atoms with Gasteiger partial charge in [-0.3, -0.25) is 4.79 Å². The van der Waals surface area contributed by atoms with E-state index < -0.39 is 11.7 Å². The Bertz CT molecular complexity index is 613. The van der Waals surface area contributed by atoms with Crippen molar-refractivity contribution in [3.63, 3.8) is 0 Å². The first-order chi connectivity index (χ1) is 9.61. The van der Waals surface area contributed by atoms with Crippen molar-refractivity contribution < 1.29 is 9.18 Å². The van der Waals surface area contributed by atoms with E-state index in [0.29, 0.717) is 6.54 Å². The number of nitrogens with one attached hydrogen (secondary N) is 1. The van der Waals surface area contributed by atoms with Crippen molar-refractivity contribution >= 4 is 33.4 Å². The van der Waals surface area contributed by atoms with Crippen molar-refractivity contribution in [2.45, 2.75) is 11.9 Å². The quantitative estimate of drug-likeness (QED) is 0.813. The molecule has 1 N–H and O–H groups in total. The lowest BCUT2D eigenvalue weighted by Crippen LogP contribution is -2.24. The molecule has 0 saturated heterocycles. The summed E-state index contributed by atoms with van der Waals surface area (Å²) in [6.45, 7) is 0.324. The van der Waals surface area contributed by atoms with E-state index in [4.69, 9.17) is 11.6 Å². The molecule has 0 fully saturated rings. The summed E-state index contributed by atoms with van der Waals surface area (Å²) >= 11 is 9.22. The number of hydrogen-bond acceptors (Lipinski definition) is 1. The molecule has 5 heteroatoms. The molecule has 0 aliphatic heterocycles. The largest absolute Gasteiger partial charge is 0.348 e. The van der Waals surface area contributed by atoms with Crippen LogP contribution in [0.15, 0.2) is 42.5 Å². The maximum atomic E-state index is 13.6. The number of benzene rings is 2. The molecule has 0 bridgehead atoms. The molecule has 0 aliphatic rings. The van der Waals surface area contributed by atoms with Crippen LogP contribution >= 0.6 is 27.5 Å². The van der Waals surface area contributed by atoms with Gasteiger partial charge in [0.2, 0.25) is 0 Å². The van der Waals surface area contributed by atoms with Gasteiger partial charge in [0.05, 0.1) is 10.6 Å². The first kappa shape index (κ1) is 15.0. The van der Waals surface area contributed by atoms with Gasteiger partial charge in [-0.25, -0.2) is 4.39 Å². The minimum Gasteiger partial charge on any atom is -0.348 e. The molecule has 2 rings (SSSR count). The lowest BCUT2D eigenvalue weighted by atomic mass is 10.1. The van der Waals surface area contributed by atoms with Gasteiger partial charge in [0.25, 0.3) is 5.91 Å². The van der Waals surface area contributed by atoms with E-state index in [9.17, 15) is 9.18 Å². The molecule has 0 aromatic heterocycles. The maximum absolute atomic E-state index is 13.6. The average Bonchev–Trinajstić information content (AvgIpc) is 2.45. The van der Waals surface area contributed by atoms with E-state index >= 15 is 0 Å². The van der Waals surface area contributed by atoms with Gasteiger partial charge in [-0.15, -0.1) is 0 Å². The van der Waals surface area contributed by atoms with Gasteiger partial charge in [0, 0.05) is 11.9 Å². The number of carbonyl (C=O) groups excluding carboxylic acids is 1. The third kappa shape index (κ3) is 3.58. The minimum atomic E-state index is -0.621. The molecule has 0 heterocycles. The fraction of sp³-hybridized carbons (Fsp3) is 0.133. The lowest BCUT2D eigenvalue weighted by Gasteiger charge is -2.08. The van der Waals surface area contributed by atoms with Crippen molar-refractivity contribution in [1.29, 1.82) is 0 Å². The number of rotatable bonds is 4. The standard InChI is InChI=1S/C15H12BrClFNO/c16-8-10-3-1-4-11(7-10)9-19-15(20)14-12(17)5-2-6-13(14)18/h1-7H,8-9H2,(H,19,20). The maximum Gasteiger partial charge on any atom is 0.256 e. The molecule has 2 aromatic rings. The van der Waals surface area contributed by atoms with Crippen molar-refractivity contribution in [2.24, 2.45) is 0 Å². The van der Waals surface area contributed by atoms with Crippen molar-refractivity contribution in [3.05, 3.63) is 70.0 Å². The molecular weight excluding hydrogens is 345 g/mol. The second-order valence-electron chi connectivity index (χ2n) is 4.23. The van der Waals surface area contributed by atoms with E-state index in [2.05, 4.69) is 21.2 Å². The number of carbonyl (C=O) groups is 1. The number of halogens is 3. The van der Waals surface area contributed by atoms with Gasteiger partial charge in [-0.1, -0.05) is 57.9 Å². The van der Waals surface area contributed by atoms with Gasteiger partial charge in [0.15, 0.2) is 0 Å². The predicted octanol–water partition coefficient (Wildman–Crippen LogP) is 4.30. The topological polar surface area (TPSA) is 29.1 Å². The molecule has 0 aliphatic carbocycles. The monoisotopic (exact) mass is 355 g/mol. The zero-order chi connectivity index (χ0) is 14.5. The Morgan fingerprint density at radius 1 is 1.20 bits per heavy atom. The zero-order valence-electron chi connectivity index (χ0n) is 10.5. The lowest BCUT2D eigenvalue weighted by molar-refractivity contribution is 0.0947. The summed E-state index contributed by atoms with van der Waals surface area (Å²) in [7, 11) is 0. The van der Waals surface area contributed by atoms with Gasteiger partial charge in [0.1, 0.15) is 5.82 Å². The van der Waals surface area contributed by atoms with Crippen LogP contribution < -0.4 is 5.32 Å². The highest BCUT2D eigenvalue weighted by Crippen LogP contribution is 2.19. The van der Waals surface area contributed by atoms with Crippen molar-refractivity contribution in [3.8, 4) is 0 Å². The average molecular weight is 357 g/mol. The van der Waals surface area contributed by atoms with E-state index in [-0.39, 0.29) is 10.6 Å². The Morgan fingerprint density at radius 3 is 2.60 bits per heavy atom. The highest BCUT2D eigenvalue weighted by molar-refractivity contribution is 9.08. The molecule has 20 heavy (non-hydrogen) atoms. The van der Waals surface area contributed by atoms with Crippen LogP contribution in [-0.4, -0.2) is 5.91 Å². The van der Waals surface area contributed by atoms with E-state index in [0.717, 1.165) is 16.5 Å². The van der Waals surface area contributed by atoms with Gasteiger partial charge in [-0.2, -0.15) is 0 Å². The van der Waals surface area contributed by atoms with Crippen LogP contribution in [0.25, 0.3) is 0 Å². The third-order valence-electron chi connectivity index (χ3n) is 2.79. The Balaban J connectivity index is 2.09. The molecular formula is C15H12BrClFNO. The van der Waals surface area contributed by atoms with E-state index in [1.165, 1.54) is 18.2 Å². The van der Waals surface area contributed by atoms with Crippen molar-refractivity contribution in [1.82, 2.24) is 5.32 Å². The number of amides is 1. The summed E-state index contributed by atoms with van der Waals surface area (Å²) in [4.78, 5) is 12.0. The van der Waals surface area contributed by atoms with Crippen LogP contribution in [0, 0.1) is 5.82 Å². The van der Waals surface area contributed by atoms with Crippen LogP contribution in [0.5, 0.6) is 0 Å². The van der Waals surface area contributed by atoms with Crippen LogP contribution in [0.2, 0.25) is 5.02 Å². The van der Waals surface area contributed by atoms with E-state index in [1.807, 2.05) is 24.3 Å². The van der Waals surface area contributed by atoms with Crippen LogP contribution in [-0.2, 0) is 11.9 Å². The third-order valence-corrected chi connectivity index (χ3v) is 3.75. The second-order valence-corrected chi connectivity index (χ2v) is 5.20. The molecule has 2 nitrogen and oxygen atoms in total. The van der Waals surface area contributed by atoms with Crippen LogP contribution in [0.4, 0.5) is 4.39 Å². The summed E-state index contributed by atoms with van der Waals surface area (Å²) in [6.07, 6.45) is 0. The molecule has 0 atom stereocenters. The summed E-state index contributed by atoms with van der Waals surface area (Å²) in [5, 5.41) is 3.52. The smallest absolute Gasteiger partial charge is 0.256 e. The van der Waals surface area contributed by atoms with Crippen molar-refractivity contribution in [2.75, 3.05) is 0 Å². The summed E-state index contributed by atoms with van der Waals surface area (Å²) in [6, 6.07) is 11.9. The second kappa shape index (κ2) is 6.86. The number of alkyl halides is 1. The fourth-order valence-electron chi connectivity index (χ4n) is 1.81. The van der Waals surface area contributed by atoms with Gasteiger partial charge in [-0.05, 0) is 23.3 Å². The zero-order valence-corrected chi connectivity index (χ0v) is 12.8. The first-order valence-corrected chi connectivity index (χ1v) is 7.47. The Kier molecular flexibility index (Phi) is 5.15. The Labute approximate surface area is 130 Å². The van der Waals surface area contributed by atoms with Gasteiger partial charge < -0.3 is 5.32 Å². The summed E-state index contributed by atoms with van der Waals surface area (Å²) in [5.74, 6) is -1.14. The highest BCUT2D eigenvalue weighted by atomic mass is 79.9. The normalized spacial score (nSPS) is 10.3. The predicted molar refractivity (Wildman–Crippen MR) is 81.7 cm³/mol. The molecule has 0 radical (unpaired) electrons. The molecule has 1 amide bonds. The Hall–Kier alpha value is -1.39. The van der Waals surface area contributed by atoms with Crippen LogP contribution in [0.1, 0.15) is 21.5 Å². The summed E-state index contributed by atoms with van der Waals surface area (Å²) < 4.78 is 13.6. The van der Waals surface area contributed by atoms with Crippen LogP contribution in [0.3, 0.4) is 0 Å². The first-order valence-electron chi connectivity index (χ1n) is 5.98. The van der Waals surface area contributed by atoms with E-state index in [1.54, 1.807) is 0 Å². The summed E-state index contributed by atoms with van der Waals surface area (Å²) in [5.41, 5.74) is 1.94.